The Morgan fingerprint density at radius 1 is 1.80 bits per heavy atom. The summed E-state index contributed by atoms with van der Waals surface area (Å²) in [5.74, 6) is 0. The first-order chi connectivity index (χ1) is 2.41. The molecule has 27 valence electrons. The monoisotopic (exact) mass is 71.0 g/mol. The summed E-state index contributed by atoms with van der Waals surface area (Å²) in [5, 5.41) is 7.62. The highest BCUT2D eigenvalue weighted by Gasteiger charge is 1.53. The summed E-state index contributed by atoms with van der Waals surface area (Å²) in [6.07, 6.45) is 2.84. The number of carbonyl (C=O) groups excluding carboxylic acids is 1. The molecule has 0 amide bonds. The Balaban J connectivity index is 2.92. The lowest BCUT2D eigenvalue weighted by Crippen LogP contribution is -1.53. The number of aliphatic hydroxyl groups is 1. The molecule has 2 heteroatoms. The molecule has 0 saturated heterocycles. The van der Waals surface area contributed by atoms with Crippen molar-refractivity contribution in [3.8, 4) is 0 Å². The molecule has 0 aromatic rings. The SMILES string of the molecule is O=[C]/C=C/O. The van der Waals surface area contributed by atoms with E-state index in [2.05, 4.69) is 0 Å². The van der Waals surface area contributed by atoms with Crippen molar-refractivity contribution in [2.24, 2.45) is 0 Å². The van der Waals surface area contributed by atoms with E-state index in [1.165, 1.54) is 6.29 Å². The van der Waals surface area contributed by atoms with Gasteiger partial charge in [-0.15, -0.1) is 0 Å². The van der Waals surface area contributed by atoms with Crippen molar-refractivity contribution in [3.05, 3.63) is 12.3 Å². The summed E-state index contributed by atoms with van der Waals surface area (Å²) in [6, 6.07) is 0. The predicted octanol–water partition coefficient (Wildman–Crippen LogP) is 0.168. The van der Waals surface area contributed by atoms with Crippen LogP contribution in [0, 0.1) is 0 Å². The van der Waals surface area contributed by atoms with Crippen LogP contribution in [0.5, 0.6) is 0 Å². The van der Waals surface area contributed by atoms with E-state index in [0.29, 0.717) is 6.26 Å². The number of aliphatic hydroxyl groups excluding tert-OH is 1. The number of allylic oxidation sites excluding steroid dienone is 1. The molecule has 1 radical (unpaired) electrons. The fourth-order valence-electron chi connectivity index (χ4n) is 0.0304. The van der Waals surface area contributed by atoms with Gasteiger partial charge in [-0.05, 0) is 0 Å². The Bertz CT molecular complexity index is 46.9. The standard InChI is InChI=1S/C3H3O2/c4-2-1-3-5/h1-2,4H/b2-1+. The molecule has 0 aliphatic rings. The summed E-state index contributed by atoms with van der Waals surface area (Å²) in [5.41, 5.74) is 0. The molecule has 0 atom stereocenters. The molecule has 0 aromatic heterocycles. The summed E-state index contributed by atoms with van der Waals surface area (Å²) in [7, 11) is 0. The highest BCUT2D eigenvalue weighted by Crippen LogP contribution is 1.49. The molecule has 0 bridgehead atoms. The Labute approximate surface area is 29.7 Å². The number of rotatable bonds is 1. The minimum Gasteiger partial charge on any atom is -0.515 e. The van der Waals surface area contributed by atoms with Crippen molar-refractivity contribution in [1.29, 1.82) is 0 Å². The first kappa shape index (κ1) is 4.21. The second-order valence-electron chi connectivity index (χ2n) is 0.434. The first-order valence-electron chi connectivity index (χ1n) is 1.08. The predicted molar refractivity (Wildman–Crippen MR) is 17.5 cm³/mol. The molecule has 0 heterocycles. The van der Waals surface area contributed by atoms with Crippen molar-refractivity contribution in [1.82, 2.24) is 0 Å². The fourth-order valence-corrected chi connectivity index (χ4v) is 0.0304. The van der Waals surface area contributed by atoms with E-state index in [4.69, 9.17) is 9.90 Å². The van der Waals surface area contributed by atoms with Gasteiger partial charge in [0.1, 0.15) is 0 Å². The van der Waals surface area contributed by atoms with Gasteiger partial charge >= 0.3 is 0 Å². The summed E-state index contributed by atoms with van der Waals surface area (Å²) < 4.78 is 0. The van der Waals surface area contributed by atoms with Crippen molar-refractivity contribution in [2.45, 2.75) is 0 Å². The fraction of sp³-hybridized carbons (Fsp3) is 0. The largest absolute Gasteiger partial charge is 0.515 e. The highest BCUT2D eigenvalue weighted by molar-refractivity contribution is 5.64. The third-order valence-electron chi connectivity index (χ3n) is 0.143. The van der Waals surface area contributed by atoms with Crippen LogP contribution in [-0.2, 0) is 4.79 Å². The van der Waals surface area contributed by atoms with Gasteiger partial charge in [0.25, 0.3) is 0 Å². The maximum absolute atomic E-state index is 9.03. The summed E-state index contributed by atoms with van der Waals surface area (Å²) in [4.78, 5) is 9.03. The van der Waals surface area contributed by atoms with Crippen molar-refractivity contribution in [3.63, 3.8) is 0 Å². The molecule has 0 spiro atoms. The minimum absolute atomic E-state index is 0.632. The third-order valence-corrected chi connectivity index (χ3v) is 0.143. The maximum Gasteiger partial charge on any atom is 0.228 e. The van der Waals surface area contributed by atoms with E-state index in [9.17, 15) is 0 Å². The van der Waals surface area contributed by atoms with E-state index in [-0.39, 0.29) is 0 Å². The van der Waals surface area contributed by atoms with Crippen LogP contribution in [0.2, 0.25) is 0 Å². The molecule has 0 aromatic carbocycles. The molecule has 2 nitrogen and oxygen atoms in total. The zero-order valence-corrected chi connectivity index (χ0v) is 2.51. The van der Waals surface area contributed by atoms with Gasteiger partial charge in [-0.2, -0.15) is 0 Å². The number of hydrogen-bond acceptors (Lipinski definition) is 2. The van der Waals surface area contributed by atoms with Gasteiger partial charge in [-0.25, -0.2) is 0 Å². The van der Waals surface area contributed by atoms with E-state index in [1.807, 2.05) is 0 Å². The van der Waals surface area contributed by atoms with E-state index >= 15 is 0 Å². The lowest BCUT2D eigenvalue weighted by molar-refractivity contribution is 0.473. The Morgan fingerprint density at radius 2 is 2.40 bits per heavy atom. The molecule has 0 rings (SSSR count). The number of hydrogen-bond donors (Lipinski definition) is 1. The molecule has 0 fully saturated rings. The van der Waals surface area contributed by atoms with Crippen molar-refractivity contribution < 1.29 is 9.90 Å². The Morgan fingerprint density at radius 3 is 2.40 bits per heavy atom. The van der Waals surface area contributed by atoms with E-state index in [0.717, 1.165) is 6.08 Å². The first-order valence-corrected chi connectivity index (χ1v) is 1.08. The van der Waals surface area contributed by atoms with Crippen LogP contribution >= 0.6 is 0 Å². The van der Waals surface area contributed by atoms with Gasteiger partial charge in [0.05, 0.1) is 6.26 Å². The molecule has 0 aliphatic heterocycles. The Kier molecular flexibility index (Phi) is 2.70. The van der Waals surface area contributed by atoms with Crippen LogP contribution in [0.25, 0.3) is 0 Å². The lowest BCUT2D eigenvalue weighted by Gasteiger charge is -1.52. The van der Waals surface area contributed by atoms with Crippen LogP contribution < -0.4 is 0 Å². The third kappa shape index (κ3) is 3.21. The molecule has 0 saturated carbocycles. The van der Waals surface area contributed by atoms with Crippen LogP contribution in [0.4, 0.5) is 0 Å². The van der Waals surface area contributed by atoms with Crippen LogP contribution in [0.1, 0.15) is 0 Å². The van der Waals surface area contributed by atoms with E-state index in [1.54, 1.807) is 0 Å². The molecular weight excluding hydrogens is 68.0 g/mol. The quantitative estimate of drug-likeness (QED) is 0.353. The summed E-state index contributed by atoms with van der Waals surface area (Å²) >= 11 is 0. The van der Waals surface area contributed by atoms with Gasteiger partial charge in [-0.1, -0.05) is 0 Å². The minimum atomic E-state index is 0.632. The zero-order valence-electron chi connectivity index (χ0n) is 2.51. The average Bonchev–Trinajstić information content (AvgIpc) is 1.41. The van der Waals surface area contributed by atoms with Gasteiger partial charge in [-0.3, -0.25) is 4.79 Å². The van der Waals surface area contributed by atoms with Gasteiger partial charge in [0, 0.05) is 6.08 Å². The second kappa shape index (κ2) is 3.21. The normalized spacial score (nSPS) is 8.80. The Hall–Kier alpha value is -0.790. The van der Waals surface area contributed by atoms with Gasteiger partial charge in [0.15, 0.2) is 0 Å². The van der Waals surface area contributed by atoms with Crippen LogP contribution in [-0.4, -0.2) is 11.4 Å². The van der Waals surface area contributed by atoms with Crippen LogP contribution in [0.15, 0.2) is 12.3 Å². The average molecular weight is 71.1 g/mol. The topological polar surface area (TPSA) is 37.3 Å². The maximum atomic E-state index is 9.03. The van der Waals surface area contributed by atoms with Crippen LogP contribution in [0.3, 0.4) is 0 Å². The molecule has 1 N–H and O–H groups in total. The molecule has 0 unspecified atom stereocenters. The van der Waals surface area contributed by atoms with Gasteiger partial charge < -0.3 is 5.11 Å². The van der Waals surface area contributed by atoms with Crippen molar-refractivity contribution >= 4 is 6.29 Å². The smallest absolute Gasteiger partial charge is 0.228 e. The lowest BCUT2D eigenvalue weighted by atomic mass is 10.7. The molecule has 5 heavy (non-hydrogen) atoms. The molecule has 0 aliphatic carbocycles. The second-order valence-corrected chi connectivity index (χ2v) is 0.434. The van der Waals surface area contributed by atoms with E-state index < -0.39 is 0 Å². The van der Waals surface area contributed by atoms with Crippen molar-refractivity contribution in [2.75, 3.05) is 0 Å². The molecular formula is C3H3O2. The summed E-state index contributed by atoms with van der Waals surface area (Å²) in [6.45, 7) is 0. The highest BCUT2D eigenvalue weighted by atomic mass is 16.2. The zero-order chi connectivity index (χ0) is 4.12. The van der Waals surface area contributed by atoms with Gasteiger partial charge in [0.2, 0.25) is 6.29 Å².